The van der Waals surface area contributed by atoms with E-state index in [1.165, 1.54) is 18.2 Å². The molecule has 6 nitrogen and oxygen atoms in total. The zero-order chi connectivity index (χ0) is 20.8. The van der Waals surface area contributed by atoms with Gasteiger partial charge in [0.2, 0.25) is 11.1 Å². The third-order valence-corrected chi connectivity index (χ3v) is 7.89. The number of nitrogens with zero attached hydrogens (tertiary/aromatic N) is 1. The summed E-state index contributed by atoms with van der Waals surface area (Å²) >= 11 is -2.45. The molecule has 0 spiro atoms. The maximum Gasteiger partial charge on any atom is 0.269 e. The maximum absolute atomic E-state index is 13.2. The van der Waals surface area contributed by atoms with Crippen LogP contribution in [0.4, 0.5) is 0 Å². The van der Waals surface area contributed by atoms with Gasteiger partial charge in [-0.2, -0.15) is 0 Å². The molecule has 29 heavy (non-hydrogen) atoms. The number of hydrogen-bond donors (Lipinski definition) is 1. The lowest BCUT2D eigenvalue weighted by atomic mass is 9.83. The summed E-state index contributed by atoms with van der Waals surface area (Å²) in [6, 6.07) is 15.0. The number of aromatic nitrogens is 1. The first kappa shape index (κ1) is 20.3. The van der Waals surface area contributed by atoms with Crippen LogP contribution in [0.2, 0.25) is 0 Å². The van der Waals surface area contributed by atoms with Crippen molar-refractivity contribution >= 4 is 32.0 Å². The van der Waals surface area contributed by atoms with Crippen molar-refractivity contribution in [3.63, 3.8) is 0 Å². The molecule has 1 fully saturated rings. The first-order valence-electron chi connectivity index (χ1n) is 9.40. The van der Waals surface area contributed by atoms with Gasteiger partial charge in [-0.05, 0) is 68.5 Å². The van der Waals surface area contributed by atoms with Gasteiger partial charge in [0, 0.05) is 12.0 Å². The highest BCUT2D eigenvalue weighted by Crippen LogP contribution is 2.37. The molecule has 2 heterocycles. The van der Waals surface area contributed by atoms with Crippen LogP contribution in [0.15, 0.2) is 64.5 Å². The first-order chi connectivity index (χ1) is 13.7. The summed E-state index contributed by atoms with van der Waals surface area (Å²) in [6.45, 7) is 4.80. The summed E-state index contributed by atoms with van der Waals surface area (Å²) in [5.74, 6) is 0.292. The van der Waals surface area contributed by atoms with E-state index in [2.05, 4.69) is 13.8 Å². The molecule has 8 heteroatoms. The quantitative estimate of drug-likeness (QED) is 0.625. The van der Waals surface area contributed by atoms with Crippen LogP contribution < -0.4 is 0 Å². The van der Waals surface area contributed by atoms with E-state index in [1.54, 1.807) is 24.3 Å². The predicted molar refractivity (Wildman–Crippen MR) is 112 cm³/mol. The van der Waals surface area contributed by atoms with Gasteiger partial charge in [-0.3, -0.25) is 0 Å². The van der Waals surface area contributed by atoms with Crippen molar-refractivity contribution in [2.45, 2.75) is 48.1 Å². The summed E-state index contributed by atoms with van der Waals surface area (Å²) in [6.07, 6.45) is 1.75. The Balaban J connectivity index is 1.86. The second-order valence-corrected chi connectivity index (χ2v) is 10.6. The lowest BCUT2D eigenvalue weighted by Crippen LogP contribution is -2.32. The van der Waals surface area contributed by atoms with E-state index in [1.807, 2.05) is 12.1 Å². The van der Waals surface area contributed by atoms with Gasteiger partial charge < -0.3 is 9.29 Å². The Morgan fingerprint density at radius 3 is 2.52 bits per heavy atom. The second kappa shape index (κ2) is 7.36. The number of hydrogen-bond acceptors (Lipinski definition) is 4. The standard InChI is InChI=1S/C21H23NO5S2/c1-21(2)14-16(10-11-27-21)15-8-9-19-17(12-15)13-20(28(23)24)22(19)29(25,26)18-6-4-3-5-7-18/h3-9,12-13,16H,10-11,14H2,1-2H3,(H,23,24). The van der Waals surface area contributed by atoms with Crippen LogP contribution in [0, 0.1) is 0 Å². The first-order valence-corrected chi connectivity index (χ1v) is 11.9. The Bertz CT molecular complexity index is 1180. The molecule has 1 aromatic heterocycles. The van der Waals surface area contributed by atoms with Crippen LogP contribution in [0.1, 0.15) is 38.2 Å². The zero-order valence-corrected chi connectivity index (χ0v) is 17.9. The zero-order valence-electron chi connectivity index (χ0n) is 16.2. The monoisotopic (exact) mass is 433 g/mol. The normalized spacial score (nSPS) is 20.6. The summed E-state index contributed by atoms with van der Waals surface area (Å²) in [5.41, 5.74) is 1.26. The molecule has 0 bridgehead atoms. The summed E-state index contributed by atoms with van der Waals surface area (Å²) < 4.78 is 54.9. The average molecular weight is 434 g/mol. The van der Waals surface area contributed by atoms with Crippen molar-refractivity contribution in [3.05, 3.63) is 60.2 Å². The van der Waals surface area contributed by atoms with Gasteiger partial charge in [0.15, 0.2) is 0 Å². The summed E-state index contributed by atoms with van der Waals surface area (Å²) in [4.78, 5) is 0.0689. The molecule has 1 saturated heterocycles. The molecule has 0 saturated carbocycles. The topological polar surface area (TPSA) is 85.6 Å². The summed E-state index contributed by atoms with van der Waals surface area (Å²) in [5, 5.41) is 0.469. The van der Waals surface area contributed by atoms with Gasteiger partial charge in [-0.25, -0.2) is 16.6 Å². The van der Waals surface area contributed by atoms with Gasteiger partial charge in [-0.15, -0.1) is 0 Å². The maximum atomic E-state index is 13.2. The lowest BCUT2D eigenvalue weighted by Gasteiger charge is -2.35. The minimum absolute atomic E-state index is 0.0689. The van der Waals surface area contributed by atoms with E-state index in [-0.39, 0.29) is 15.5 Å². The van der Waals surface area contributed by atoms with Crippen LogP contribution in [0.25, 0.3) is 10.9 Å². The average Bonchev–Trinajstić information content (AvgIpc) is 3.08. The fourth-order valence-corrected chi connectivity index (χ4v) is 6.40. The molecule has 1 N–H and O–H groups in total. The molecule has 2 atom stereocenters. The van der Waals surface area contributed by atoms with Crippen molar-refractivity contribution in [2.75, 3.05) is 6.61 Å². The SMILES string of the molecule is CC1(C)CC(c2ccc3c(c2)cc(S(=O)O)n3S(=O)(=O)c2ccccc2)CCO1. The molecular weight excluding hydrogens is 410 g/mol. The van der Waals surface area contributed by atoms with E-state index >= 15 is 0 Å². The van der Waals surface area contributed by atoms with Crippen molar-refractivity contribution in [1.82, 2.24) is 3.97 Å². The minimum atomic E-state index is -4.01. The van der Waals surface area contributed by atoms with Gasteiger partial charge in [0.25, 0.3) is 10.0 Å². The number of benzene rings is 2. The van der Waals surface area contributed by atoms with E-state index < -0.39 is 21.1 Å². The predicted octanol–water partition coefficient (Wildman–Crippen LogP) is 4.13. The minimum Gasteiger partial charge on any atom is -0.376 e. The van der Waals surface area contributed by atoms with E-state index in [0.717, 1.165) is 22.4 Å². The lowest BCUT2D eigenvalue weighted by molar-refractivity contribution is -0.0592. The third kappa shape index (κ3) is 3.77. The number of ether oxygens (including phenoxy) is 1. The highest BCUT2D eigenvalue weighted by molar-refractivity contribution is 7.90. The molecule has 0 amide bonds. The van der Waals surface area contributed by atoms with Crippen LogP contribution in [-0.2, 0) is 25.8 Å². The largest absolute Gasteiger partial charge is 0.376 e. The Morgan fingerprint density at radius 1 is 1.14 bits per heavy atom. The molecule has 2 unspecified atom stereocenters. The number of rotatable bonds is 4. The molecule has 1 aliphatic heterocycles. The Labute approximate surface area is 172 Å². The fourth-order valence-electron chi connectivity index (χ4n) is 4.02. The molecule has 3 aromatic rings. The van der Waals surface area contributed by atoms with Crippen LogP contribution in [-0.4, -0.2) is 33.4 Å². The smallest absolute Gasteiger partial charge is 0.269 e. The van der Waals surface area contributed by atoms with Crippen LogP contribution >= 0.6 is 0 Å². The van der Waals surface area contributed by atoms with Crippen molar-refractivity contribution in [2.24, 2.45) is 0 Å². The van der Waals surface area contributed by atoms with Gasteiger partial charge in [0.1, 0.15) is 5.03 Å². The van der Waals surface area contributed by atoms with E-state index in [9.17, 15) is 17.2 Å². The Morgan fingerprint density at radius 2 is 1.86 bits per heavy atom. The highest BCUT2D eigenvalue weighted by atomic mass is 32.2. The van der Waals surface area contributed by atoms with Crippen LogP contribution in [0.3, 0.4) is 0 Å². The molecule has 154 valence electrons. The second-order valence-electron chi connectivity index (χ2n) is 7.93. The van der Waals surface area contributed by atoms with Gasteiger partial charge >= 0.3 is 0 Å². The Hall–Kier alpha value is -2.00. The van der Waals surface area contributed by atoms with Gasteiger partial charge in [-0.1, -0.05) is 24.3 Å². The van der Waals surface area contributed by atoms with E-state index in [0.29, 0.717) is 23.4 Å². The highest BCUT2D eigenvalue weighted by Gasteiger charge is 2.31. The van der Waals surface area contributed by atoms with Crippen molar-refractivity contribution < 1.29 is 21.9 Å². The number of fused-ring (bicyclic) bond motifs is 1. The molecular formula is C21H23NO5S2. The third-order valence-electron chi connectivity index (χ3n) is 5.38. The van der Waals surface area contributed by atoms with Crippen molar-refractivity contribution in [1.29, 1.82) is 0 Å². The van der Waals surface area contributed by atoms with E-state index in [4.69, 9.17) is 4.74 Å². The molecule has 0 radical (unpaired) electrons. The Kier molecular flexibility index (Phi) is 5.14. The molecule has 0 aliphatic carbocycles. The van der Waals surface area contributed by atoms with Crippen LogP contribution in [0.5, 0.6) is 0 Å². The molecule has 2 aromatic carbocycles. The molecule has 4 rings (SSSR count). The fraction of sp³-hybridized carbons (Fsp3) is 0.333. The van der Waals surface area contributed by atoms with Crippen molar-refractivity contribution in [3.8, 4) is 0 Å². The molecule has 1 aliphatic rings. The van der Waals surface area contributed by atoms with Gasteiger partial charge in [0.05, 0.1) is 16.0 Å². The summed E-state index contributed by atoms with van der Waals surface area (Å²) in [7, 11) is -4.01.